The highest BCUT2D eigenvalue weighted by Crippen LogP contribution is 2.69. The summed E-state index contributed by atoms with van der Waals surface area (Å²) in [5.41, 5.74) is 1.58. The van der Waals surface area contributed by atoms with Crippen LogP contribution in [-0.4, -0.2) is 11.2 Å². The van der Waals surface area contributed by atoms with Crippen LogP contribution in [-0.2, 0) is 0 Å². The molecule has 1 N–H and O–H groups in total. The van der Waals surface area contributed by atoms with Gasteiger partial charge in [-0.15, -0.1) is 0 Å². The second-order valence-electron chi connectivity index (χ2n) is 9.88. The Morgan fingerprint density at radius 2 is 1.62 bits per heavy atom. The molecule has 0 heterocycles. The van der Waals surface area contributed by atoms with Crippen LogP contribution >= 0.6 is 0 Å². The summed E-state index contributed by atoms with van der Waals surface area (Å²) in [6.45, 7) is 7.71. The molecule has 0 amide bonds. The highest BCUT2D eigenvalue weighted by molar-refractivity contribution is 5.11. The molecule has 0 radical (unpaired) electrons. The summed E-state index contributed by atoms with van der Waals surface area (Å²) >= 11 is 0. The van der Waals surface area contributed by atoms with E-state index in [0.29, 0.717) is 16.2 Å². The van der Waals surface area contributed by atoms with Crippen LogP contribution in [0.3, 0.4) is 0 Å². The Hall–Kier alpha value is -0.0400. The molecule has 4 saturated carbocycles. The minimum Gasteiger partial charge on any atom is -0.393 e. The van der Waals surface area contributed by atoms with Gasteiger partial charge in [0.25, 0.3) is 0 Å². The Morgan fingerprint density at radius 1 is 0.810 bits per heavy atom. The van der Waals surface area contributed by atoms with Gasteiger partial charge in [0.2, 0.25) is 0 Å². The van der Waals surface area contributed by atoms with Crippen LogP contribution in [0.1, 0.15) is 85.0 Å². The highest BCUT2D eigenvalue weighted by atomic mass is 16.3. The van der Waals surface area contributed by atoms with Crippen molar-refractivity contribution in [3.8, 4) is 0 Å². The first-order valence-corrected chi connectivity index (χ1v) is 9.56. The van der Waals surface area contributed by atoms with E-state index in [2.05, 4.69) is 20.8 Å². The first-order valence-electron chi connectivity index (χ1n) is 9.56. The van der Waals surface area contributed by atoms with E-state index in [1.807, 2.05) is 0 Å². The number of rotatable bonds is 0. The van der Waals surface area contributed by atoms with Crippen LogP contribution in [0.4, 0.5) is 0 Å². The fourth-order valence-electron chi connectivity index (χ4n) is 7.60. The van der Waals surface area contributed by atoms with Crippen molar-refractivity contribution < 1.29 is 5.11 Å². The summed E-state index contributed by atoms with van der Waals surface area (Å²) in [5.74, 6) is 2.96. The smallest absolute Gasteiger partial charge is 0.0545 e. The molecule has 0 aliphatic heterocycles. The van der Waals surface area contributed by atoms with Crippen molar-refractivity contribution in [2.75, 3.05) is 0 Å². The van der Waals surface area contributed by atoms with E-state index >= 15 is 0 Å². The van der Waals surface area contributed by atoms with Gasteiger partial charge in [-0.05, 0) is 91.8 Å². The first kappa shape index (κ1) is 14.5. The zero-order valence-corrected chi connectivity index (χ0v) is 14.3. The number of hydrogen-bond acceptors (Lipinski definition) is 1. The molecule has 1 nitrogen and oxygen atoms in total. The highest BCUT2D eigenvalue weighted by Gasteiger charge is 2.61. The summed E-state index contributed by atoms with van der Waals surface area (Å²) in [6, 6.07) is 0. The zero-order chi connectivity index (χ0) is 14.9. The molecular weight excluding hydrogens is 256 g/mol. The molecule has 0 aromatic heterocycles. The largest absolute Gasteiger partial charge is 0.393 e. The topological polar surface area (TPSA) is 20.2 Å². The van der Waals surface area contributed by atoms with Crippen LogP contribution in [0, 0.1) is 34.0 Å². The van der Waals surface area contributed by atoms with E-state index in [4.69, 9.17) is 0 Å². The van der Waals surface area contributed by atoms with Gasteiger partial charge in [0.15, 0.2) is 0 Å². The summed E-state index contributed by atoms with van der Waals surface area (Å²) in [6.07, 6.45) is 13.6. The van der Waals surface area contributed by atoms with Crippen molar-refractivity contribution in [3.05, 3.63) is 0 Å². The Kier molecular flexibility index (Phi) is 3.11. The van der Waals surface area contributed by atoms with Gasteiger partial charge in [0.05, 0.1) is 6.10 Å². The lowest BCUT2D eigenvalue weighted by molar-refractivity contribution is -0.166. The van der Waals surface area contributed by atoms with Gasteiger partial charge in [-0.25, -0.2) is 0 Å². The molecule has 0 unspecified atom stereocenters. The van der Waals surface area contributed by atoms with E-state index in [1.165, 1.54) is 51.4 Å². The lowest BCUT2D eigenvalue weighted by Crippen LogP contribution is -2.57. The van der Waals surface area contributed by atoms with Crippen molar-refractivity contribution in [2.45, 2.75) is 91.1 Å². The standard InChI is InChI=1S/C20H34O/c1-18-9-4-5-16(18)15-7-11-19(2)13-14(21)6-12-20(19,3)17(15)8-10-18/h14-17,21H,4-13H2,1-3H3/t14-,15+,16+,17-,18+,19-,20-/m0/s1. The predicted octanol–water partition coefficient (Wildman–Crippen LogP) is 5.17. The predicted molar refractivity (Wildman–Crippen MR) is 87.0 cm³/mol. The maximum atomic E-state index is 10.2. The third-order valence-corrected chi connectivity index (χ3v) is 9.13. The van der Waals surface area contributed by atoms with E-state index in [-0.39, 0.29) is 6.10 Å². The number of aliphatic hydroxyl groups is 1. The molecule has 21 heavy (non-hydrogen) atoms. The molecule has 4 fully saturated rings. The normalized spacial score (nSPS) is 60.0. The van der Waals surface area contributed by atoms with Crippen molar-refractivity contribution >= 4 is 0 Å². The lowest BCUT2D eigenvalue weighted by Gasteiger charge is -2.64. The van der Waals surface area contributed by atoms with Crippen LogP contribution in [0.15, 0.2) is 0 Å². The monoisotopic (exact) mass is 290 g/mol. The second kappa shape index (κ2) is 4.49. The SMILES string of the molecule is C[C@]12CCC[C@@H]1[C@H]1CC[C@@]3(C)C[C@@H](O)CC[C@@]3(C)[C@H]1CC2. The molecule has 7 atom stereocenters. The van der Waals surface area contributed by atoms with E-state index in [0.717, 1.165) is 30.6 Å². The van der Waals surface area contributed by atoms with Gasteiger partial charge >= 0.3 is 0 Å². The third-order valence-electron chi connectivity index (χ3n) is 9.13. The molecule has 1 heteroatoms. The number of aliphatic hydroxyl groups excluding tert-OH is 1. The molecule has 4 aliphatic carbocycles. The van der Waals surface area contributed by atoms with E-state index in [1.54, 1.807) is 0 Å². The van der Waals surface area contributed by atoms with Crippen LogP contribution in [0.25, 0.3) is 0 Å². The Bertz CT molecular complexity index is 432. The van der Waals surface area contributed by atoms with Gasteiger partial charge in [-0.1, -0.05) is 27.2 Å². The van der Waals surface area contributed by atoms with E-state index in [9.17, 15) is 5.11 Å². The average Bonchev–Trinajstić information content (AvgIpc) is 2.82. The maximum Gasteiger partial charge on any atom is 0.0545 e. The quantitative estimate of drug-likeness (QED) is 0.652. The third kappa shape index (κ3) is 1.85. The van der Waals surface area contributed by atoms with Crippen LogP contribution in [0.5, 0.6) is 0 Å². The summed E-state index contributed by atoms with van der Waals surface area (Å²) in [5, 5.41) is 10.2. The Labute approximate surface area is 130 Å². The van der Waals surface area contributed by atoms with Gasteiger partial charge in [-0.2, -0.15) is 0 Å². The molecule has 0 saturated heterocycles. The Morgan fingerprint density at radius 3 is 2.43 bits per heavy atom. The molecular formula is C20H34O. The minimum atomic E-state index is -0.0278. The number of fused-ring (bicyclic) bond motifs is 5. The lowest BCUT2D eigenvalue weighted by atomic mass is 9.40. The minimum absolute atomic E-state index is 0.0278. The van der Waals surface area contributed by atoms with E-state index < -0.39 is 0 Å². The van der Waals surface area contributed by atoms with Gasteiger partial charge in [0.1, 0.15) is 0 Å². The second-order valence-corrected chi connectivity index (χ2v) is 9.88. The molecule has 0 aromatic carbocycles. The zero-order valence-electron chi connectivity index (χ0n) is 14.3. The summed E-state index contributed by atoms with van der Waals surface area (Å²) in [4.78, 5) is 0. The maximum absolute atomic E-state index is 10.2. The summed E-state index contributed by atoms with van der Waals surface area (Å²) in [7, 11) is 0. The average molecular weight is 290 g/mol. The van der Waals surface area contributed by atoms with Gasteiger partial charge in [0, 0.05) is 0 Å². The molecule has 0 bridgehead atoms. The van der Waals surface area contributed by atoms with Crippen molar-refractivity contribution in [1.82, 2.24) is 0 Å². The van der Waals surface area contributed by atoms with Gasteiger partial charge in [-0.3, -0.25) is 0 Å². The van der Waals surface area contributed by atoms with Crippen molar-refractivity contribution in [1.29, 1.82) is 0 Å². The molecule has 120 valence electrons. The van der Waals surface area contributed by atoms with Crippen LogP contribution < -0.4 is 0 Å². The molecule has 4 aliphatic rings. The fourth-order valence-corrected chi connectivity index (χ4v) is 7.60. The molecule has 4 rings (SSSR count). The summed E-state index contributed by atoms with van der Waals surface area (Å²) < 4.78 is 0. The number of hydrogen-bond donors (Lipinski definition) is 1. The van der Waals surface area contributed by atoms with Crippen molar-refractivity contribution in [3.63, 3.8) is 0 Å². The van der Waals surface area contributed by atoms with Crippen molar-refractivity contribution in [2.24, 2.45) is 34.0 Å². The molecule has 0 aromatic rings. The Balaban J connectivity index is 1.67. The molecule has 0 spiro atoms. The fraction of sp³-hybridized carbons (Fsp3) is 1.00. The first-order chi connectivity index (χ1) is 9.88. The van der Waals surface area contributed by atoms with Crippen LogP contribution in [0.2, 0.25) is 0 Å². The van der Waals surface area contributed by atoms with Gasteiger partial charge < -0.3 is 5.11 Å².